The number of aromatic nitrogens is 1. The standard InChI is InChI=1S/C10H14BrNS/c1-4-13-10(2,3)8-5-9(11)7-12-6-8/h5-7H,4H2,1-3H3. The van der Waals surface area contributed by atoms with E-state index in [1.165, 1.54) is 5.56 Å². The van der Waals surface area contributed by atoms with Crippen LogP contribution in [0.1, 0.15) is 26.3 Å². The molecule has 0 bridgehead atoms. The van der Waals surface area contributed by atoms with Crippen molar-refractivity contribution < 1.29 is 0 Å². The van der Waals surface area contributed by atoms with Crippen LogP contribution in [0.2, 0.25) is 0 Å². The molecule has 0 saturated heterocycles. The van der Waals surface area contributed by atoms with Gasteiger partial charge < -0.3 is 0 Å². The molecule has 0 aliphatic carbocycles. The molecule has 0 fully saturated rings. The van der Waals surface area contributed by atoms with E-state index < -0.39 is 0 Å². The Balaban J connectivity index is 2.93. The molecule has 72 valence electrons. The highest BCUT2D eigenvalue weighted by atomic mass is 79.9. The predicted octanol–water partition coefficient (Wildman–Crippen LogP) is 3.83. The number of halogens is 1. The molecule has 1 rings (SSSR count). The van der Waals surface area contributed by atoms with Gasteiger partial charge in [-0.05, 0) is 47.2 Å². The van der Waals surface area contributed by atoms with Crippen LogP contribution in [-0.2, 0) is 4.75 Å². The third kappa shape index (κ3) is 2.99. The van der Waals surface area contributed by atoms with Gasteiger partial charge in [0.1, 0.15) is 0 Å². The van der Waals surface area contributed by atoms with Gasteiger partial charge in [0, 0.05) is 21.6 Å². The van der Waals surface area contributed by atoms with Gasteiger partial charge in [-0.1, -0.05) is 6.92 Å². The van der Waals surface area contributed by atoms with Gasteiger partial charge in [0.05, 0.1) is 0 Å². The molecular formula is C10H14BrNS. The van der Waals surface area contributed by atoms with Crippen molar-refractivity contribution in [2.45, 2.75) is 25.5 Å². The van der Waals surface area contributed by atoms with Gasteiger partial charge in [0.2, 0.25) is 0 Å². The Kier molecular flexibility index (Phi) is 3.80. The molecule has 0 unspecified atom stereocenters. The van der Waals surface area contributed by atoms with E-state index >= 15 is 0 Å². The highest BCUT2D eigenvalue weighted by molar-refractivity contribution is 9.10. The van der Waals surface area contributed by atoms with Gasteiger partial charge in [-0.3, -0.25) is 4.98 Å². The van der Waals surface area contributed by atoms with Crippen molar-refractivity contribution in [3.63, 3.8) is 0 Å². The van der Waals surface area contributed by atoms with Crippen molar-refractivity contribution in [1.29, 1.82) is 0 Å². The smallest absolute Gasteiger partial charge is 0.0410 e. The Labute approximate surface area is 92.5 Å². The zero-order valence-electron chi connectivity index (χ0n) is 8.17. The van der Waals surface area contributed by atoms with Crippen LogP contribution < -0.4 is 0 Å². The summed E-state index contributed by atoms with van der Waals surface area (Å²) in [6.07, 6.45) is 3.75. The summed E-state index contributed by atoms with van der Waals surface area (Å²) >= 11 is 5.37. The van der Waals surface area contributed by atoms with Gasteiger partial charge >= 0.3 is 0 Å². The summed E-state index contributed by atoms with van der Waals surface area (Å²) in [5.41, 5.74) is 1.27. The van der Waals surface area contributed by atoms with Crippen molar-refractivity contribution in [2.24, 2.45) is 0 Å². The lowest BCUT2D eigenvalue weighted by Crippen LogP contribution is -2.12. The maximum absolute atomic E-state index is 4.17. The van der Waals surface area contributed by atoms with Crippen LogP contribution in [0.3, 0.4) is 0 Å². The van der Waals surface area contributed by atoms with E-state index in [0.717, 1.165) is 10.2 Å². The molecule has 0 N–H and O–H groups in total. The summed E-state index contributed by atoms with van der Waals surface area (Å²) in [6, 6.07) is 2.13. The lowest BCUT2D eigenvalue weighted by molar-refractivity contribution is 0.775. The fourth-order valence-corrected chi connectivity index (χ4v) is 2.55. The second-order valence-corrected chi connectivity index (χ2v) is 6.14. The molecule has 0 aliphatic heterocycles. The van der Waals surface area contributed by atoms with Crippen LogP contribution in [0.4, 0.5) is 0 Å². The van der Waals surface area contributed by atoms with E-state index in [0.29, 0.717) is 0 Å². The van der Waals surface area contributed by atoms with Gasteiger partial charge in [-0.25, -0.2) is 0 Å². The van der Waals surface area contributed by atoms with Crippen LogP contribution >= 0.6 is 27.7 Å². The fourth-order valence-electron chi connectivity index (χ4n) is 1.19. The number of hydrogen-bond acceptors (Lipinski definition) is 2. The van der Waals surface area contributed by atoms with Crippen molar-refractivity contribution in [2.75, 3.05) is 5.75 Å². The van der Waals surface area contributed by atoms with Crippen molar-refractivity contribution in [3.8, 4) is 0 Å². The second-order valence-electron chi connectivity index (χ2n) is 3.34. The predicted molar refractivity (Wildman–Crippen MR) is 63.1 cm³/mol. The number of nitrogens with zero attached hydrogens (tertiary/aromatic N) is 1. The van der Waals surface area contributed by atoms with E-state index in [1.54, 1.807) is 0 Å². The summed E-state index contributed by atoms with van der Waals surface area (Å²) in [6.45, 7) is 6.63. The van der Waals surface area contributed by atoms with Crippen LogP contribution in [0.25, 0.3) is 0 Å². The van der Waals surface area contributed by atoms with Gasteiger partial charge in [0.25, 0.3) is 0 Å². The average molecular weight is 260 g/mol. The monoisotopic (exact) mass is 259 g/mol. The van der Waals surface area contributed by atoms with Gasteiger partial charge in [-0.15, -0.1) is 0 Å². The molecule has 0 saturated carbocycles. The fraction of sp³-hybridized carbons (Fsp3) is 0.500. The SMILES string of the molecule is CCSC(C)(C)c1cncc(Br)c1. The van der Waals surface area contributed by atoms with Gasteiger partial charge in [0.15, 0.2) is 0 Å². The molecule has 0 aliphatic rings. The molecule has 0 amide bonds. The van der Waals surface area contributed by atoms with Crippen molar-refractivity contribution in [3.05, 3.63) is 28.5 Å². The van der Waals surface area contributed by atoms with Crippen LogP contribution in [0.5, 0.6) is 0 Å². The lowest BCUT2D eigenvalue weighted by atomic mass is 10.1. The first-order chi connectivity index (χ1) is 6.06. The Morgan fingerprint density at radius 3 is 2.69 bits per heavy atom. The molecule has 1 heterocycles. The maximum atomic E-state index is 4.17. The minimum atomic E-state index is 0.158. The Morgan fingerprint density at radius 2 is 2.15 bits per heavy atom. The van der Waals surface area contributed by atoms with Gasteiger partial charge in [-0.2, -0.15) is 11.8 Å². The quantitative estimate of drug-likeness (QED) is 0.819. The minimum Gasteiger partial charge on any atom is -0.263 e. The van der Waals surface area contributed by atoms with Crippen LogP contribution in [0.15, 0.2) is 22.9 Å². The third-order valence-electron chi connectivity index (χ3n) is 1.91. The molecule has 0 aromatic carbocycles. The summed E-state index contributed by atoms with van der Waals surface area (Å²) < 4.78 is 1.21. The van der Waals surface area contributed by atoms with E-state index in [2.05, 4.69) is 47.8 Å². The topological polar surface area (TPSA) is 12.9 Å². The number of hydrogen-bond donors (Lipinski definition) is 0. The summed E-state index contributed by atoms with van der Waals surface area (Å²) in [7, 11) is 0. The summed E-state index contributed by atoms with van der Waals surface area (Å²) in [5.74, 6) is 1.12. The zero-order valence-corrected chi connectivity index (χ0v) is 10.6. The molecule has 0 radical (unpaired) electrons. The Bertz CT molecular complexity index is 286. The normalized spacial score (nSPS) is 11.7. The summed E-state index contributed by atoms with van der Waals surface area (Å²) in [5, 5.41) is 0. The van der Waals surface area contributed by atoms with E-state index in [4.69, 9.17) is 0 Å². The van der Waals surface area contributed by atoms with E-state index in [1.807, 2.05) is 24.2 Å². The summed E-state index contributed by atoms with van der Waals surface area (Å²) in [4.78, 5) is 4.17. The zero-order chi connectivity index (χ0) is 9.90. The third-order valence-corrected chi connectivity index (χ3v) is 3.58. The molecule has 0 atom stereocenters. The number of rotatable bonds is 3. The second kappa shape index (κ2) is 4.47. The van der Waals surface area contributed by atoms with E-state index in [9.17, 15) is 0 Å². The van der Waals surface area contributed by atoms with Crippen LogP contribution in [-0.4, -0.2) is 10.7 Å². The first-order valence-corrected chi connectivity index (χ1v) is 6.09. The lowest BCUT2D eigenvalue weighted by Gasteiger charge is -2.23. The molecule has 1 aromatic heterocycles. The number of pyridine rings is 1. The molecule has 0 spiro atoms. The number of thioether (sulfide) groups is 1. The largest absolute Gasteiger partial charge is 0.263 e. The first kappa shape index (κ1) is 11.1. The highest BCUT2D eigenvalue weighted by Gasteiger charge is 2.20. The molecule has 1 aromatic rings. The highest BCUT2D eigenvalue weighted by Crippen LogP contribution is 2.35. The van der Waals surface area contributed by atoms with Crippen molar-refractivity contribution >= 4 is 27.7 Å². The molecule has 3 heteroatoms. The van der Waals surface area contributed by atoms with E-state index in [-0.39, 0.29) is 4.75 Å². The Hall–Kier alpha value is -0.0200. The van der Waals surface area contributed by atoms with Crippen LogP contribution in [0, 0.1) is 0 Å². The maximum Gasteiger partial charge on any atom is 0.0410 e. The molecule has 13 heavy (non-hydrogen) atoms. The first-order valence-electron chi connectivity index (χ1n) is 4.31. The molecular weight excluding hydrogens is 246 g/mol. The molecule has 1 nitrogen and oxygen atoms in total. The Morgan fingerprint density at radius 1 is 1.46 bits per heavy atom. The minimum absolute atomic E-state index is 0.158. The average Bonchev–Trinajstić information content (AvgIpc) is 2.04. The van der Waals surface area contributed by atoms with Crippen molar-refractivity contribution in [1.82, 2.24) is 4.98 Å².